The molecule has 110 valence electrons. The molecule has 19 heavy (non-hydrogen) atoms. The number of nitrogens with zero attached hydrogens (tertiary/aromatic N) is 1. The number of esters is 1. The number of methoxy groups -OCH3 is 1. The lowest BCUT2D eigenvalue weighted by molar-refractivity contribution is -0.145. The number of carbonyl (C=O) groups excluding carboxylic acids is 2. The van der Waals surface area contributed by atoms with E-state index < -0.39 is 34.3 Å². The van der Waals surface area contributed by atoms with Crippen molar-refractivity contribution in [3.05, 3.63) is 0 Å². The normalized spacial score (nSPS) is 23.2. The number of hydrogen-bond acceptors (Lipinski definition) is 7. The van der Waals surface area contributed by atoms with Crippen molar-refractivity contribution in [1.29, 1.82) is 0 Å². The average Bonchev–Trinajstić information content (AvgIpc) is 2.69. The Kier molecular flexibility index (Phi) is 5.12. The summed E-state index contributed by atoms with van der Waals surface area (Å²) in [6.45, 7) is 1.75. The minimum absolute atomic E-state index is 0.0360. The molecule has 8 nitrogen and oxygen atoms in total. The highest BCUT2D eigenvalue weighted by atomic mass is 32.2. The molecule has 1 heterocycles. The first-order chi connectivity index (χ1) is 8.78. The molecular formula is C10H17NO7S. The summed E-state index contributed by atoms with van der Waals surface area (Å²) in [6.07, 6.45) is -0.507. The summed E-state index contributed by atoms with van der Waals surface area (Å²) in [5.41, 5.74) is 0. The van der Waals surface area contributed by atoms with Gasteiger partial charge in [0.1, 0.15) is 6.04 Å². The number of carbonyl (C=O) groups is 2. The van der Waals surface area contributed by atoms with Crippen LogP contribution in [0.1, 0.15) is 13.3 Å². The van der Waals surface area contributed by atoms with E-state index in [1.54, 1.807) is 6.92 Å². The van der Waals surface area contributed by atoms with Crippen LogP contribution in [0.25, 0.3) is 0 Å². The number of likely N-dealkylation sites (tertiary alicyclic amines) is 1. The van der Waals surface area contributed by atoms with E-state index in [0.717, 1.165) is 11.2 Å². The smallest absolute Gasteiger partial charge is 0.410 e. The van der Waals surface area contributed by atoms with Crippen LogP contribution in [0.4, 0.5) is 4.79 Å². The largest absolute Gasteiger partial charge is 0.467 e. The van der Waals surface area contributed by atoms with Gasteiger partial charge in [-0.05, 0) is 6.92 Å². The van der Waals surface area contributed by atoms with E-state index >= 15 is 0 Å². The van der Waals surface area contributed by atoms with E-state index in [4.69, 9.17) is 8.92 Å². The van der Waals surface area contributed by atoms with E-state index in [0.29, 0.717) is 0 Å². The minimum atomic E-state index is -3.66. The molecule has 0 aromatic heterocycles. The molecular weight excluding hydrogens is 278 g/mol. The van der Waals surface area contributed by atoms with E-state index in [2.05, 4.69) is 4.74 Å². The average molecular weight is 295 g/mol. The summed E-state index contributed by atoms with van der Waals surface area (Å²) in [4.78, 5) is 24.4. The Morgan fingerprint density at radius 3 is 2.47 bits per heavy atom. The highest BCUT2D eigenvalue weighted by Gasteiger charge is 2.42. The van der Waals surface area contributed by atoms with Crippen LogP contribution in [0, 0.1) is 0 Å². The molecule has 0 bridgehead atoms. The first kappa shape index (κ1) is 15.7. The molecule has 9 heteroatoms. The van der Waals surface area contributed by atoms with Crippen molar-refractivity contribution in [2.75, 3.05) is 26.5 Å². The fourth-order valence-corrected chi connectivity index (χ4v) is 2.52. The van der Waals surface area contributed by atoms with Gasteiger partial charge in [0.15, 0.2) is 0 Å². The predicted octanol–water partition coefficient (Wildman–Crippen LogP) is -0.265. The van der Waals surface area contributed by atoms with Crippen LogP contribution in [0.3, 0.4) is 0 Å². The maximum atomic E-state index is 11.7. The molecule has 0 aromatic rings. The first-order valence-electron chi connectivity index (χ1n) is 5.68. The molecule has 0 N–H and O–H groups in total. The summed E-state index contributed by atoms with van der Waals surface area (Å²) in [5, 5.41) is 0. The molecule has 1 aliphatic heterocycles. The molecule has 1 saturated heterocycles. The lowest BCUT2D eigenvalue weighted by atomic mass is 10.2. The molecule has 0 aromatic carbocycles. The van der Waals surface area contributed by atoms with Gasteiger partial charge in [0.2, 0.25) is 0 Å². The quantitative estimate of drug-likeness (QED) is 0.520. The second kappa shape index (κ2) is 6.20. The maximum absolute atomic E-state index is 11.7. The number of hydrogen-bond donors (Lipinski definition) is 0. The van der Waals surface area contributed by atoms with Gasteiger partial charge in [-0.2, -0.15) is 8.42 Å². The van der Waals surface area contributed by atoms with Crippen LogP contribution >= 0.6 is 0 Å². The van der Waals surface area contributed by atoms with Gasteiger partial charge in [-0.25, -0.2) is 9.59 Å². The Morgan fingerprint density at radius 2 is 2.00 bits per heavy atom. The molecule has 0 saturated carbocycles. The van der Waals surface area contributed by atoms with Gasteiger partial charge in [-0.15, -0.1) is 0 Å². The van der Waals surface area contributed by atoms with Crippen molar-refractivity contribution in [2.24, 2.45) is 0 Å². The predicted molar refractivity (Wildman–Crippen MR) is 63.9 cm³/mol. The van der Waals surface area contributed by atoms with Crippen molar-refractivity contribution in [3.63, 3.8) is 0 Å². The van der Waals surface area contributed by atoms with Crippen LogP contribution < -0.4 is 0 Å². The second-order valence-electron chi connectivity index (χ2n) is 4.05. The van der Waals surface area contributed by atoms with Gasteiger partial charge in [0, 0.05) is 6.42 Å². The summed E-state index contributed by atoms with van der Waals surface area (Å²) in [6, 6.07) is -0.893. The summed E-state index contributed by atoms with van der Waals surface area (Å²) in [7, 11) is -2.46. The molecule has 1 rings (SSSR count). The van der Waals surface area contributed by atoms with Crippen molar-refractivity contribution in [1.82, 2.24) is 4.90 Å². The highest BCUT2D eigenvalue weighted by Crippen LogP contribution is 2.23. The zero-order chi connectivity index (χ0) is 14.6. The third kappa shape index (κ3) is 4.35. The minimum Gasteiger partial charge on any atom is -0.467 e. The summed E-state index contributed by atoms with van der Waals surface area (Å²) >= 11 is 0. The molecule has 0 aliphatic carbocycles. The van der Waals surface area contributed by atoms with Crippen molar-refractivity contribution in [3.8, 4) is 0 Å². The summed E-state index contributed by atoms with van der Waals surface area (Å²) in [5.74, 6) is -0.632. The monoisotopic (exact) mass is 295 g/mol. The Balaban J connectivity index is 2.81. The van der Waals surface area contributed by atoms with Crippen molar-refractivity contribution >= 4 is 22.2 Å². The third-order valence-corrected chi connectivity index (χ3v) is 3.17. The van der Waals surface area contributed by atoms with E-state index in [9.17, 15) is 18.0 Å². The van der Waals surface area contributed by atoms with Crippen LogP contribution in [0.15, 0.2) is 0 Å². The lowest BCUT2D eigenvalue weighted by Gasteiger charge is -2.21. The summed E-state index contributed by atoms with van der Waals surface area (Å²) < 4.78 is 36.3. The van der Waals surface area contributed by atoms with Gasteiger partial charge in [0.25, 0.3) is 10.1 Å². The Bertz CT molecular complexity index is 447. The van der Waals surface area contributed by atoms with Gasteiger partial charge in [-0.1, -0.05) is 0 Å². The molecule has 0 unspecified atom stereocenters. The Morgan fingerprint density at radius 1 is 1.37 bits per heavy atom. The second-order valence-corrected chi connectivity index (χ2v) is 5.65. The number of rotatable bonds is 4. The van der Waals surface area contributed by atoms with E-state index in [1.807, 2.05) is 0 Å². The number of amides is 1. The van der Waals surface area contributed by atoms with Crippen molar-refractivity contribution in [2.45, 2.75) is 25.5 Å². The van der Waals surface area contributed by atoms with Gasteiger partial charge < -0.3 is 9.47 Å². The fourth-order valence-electron chi connectivity index (χ4n) is 1.88. The molecule has 1 aliphatic rings. The van der Waals surface area contributed by atoms with Crippen LogP contribution in [-0.4, -0.2) is 64.0 Å². The SMILES string of the molecule is CCOC(=O)N1C[C@@H](OS(C)(=O)=O)C[C@@H]1C(=O)OC. The fraction of sp³-hybridized carbons (Fsp3) is 0.800. The molecule has 2 atom stereocenters. The van der Waals surface area contributed by atoms with Gasteiger partial charge in [0.05, 0.1) is 32.6 Å². The van der Waals surface area contributed by atoms with Gasteiger partial charge >= 0.3 is 12.1 Å². The highest BCUT2D eigenvalue weighted by molar-refractivity contribution is 7.86. The molecule has 0 radical (unpaired) electrons. The maximum Gasteiger partial charge on any atom is 0.410 e. The van der Waals surface area contributed by atoms with E-state index in [1.165, 1.54) is 7.11 Å². The molecule has 1 fully saturated rings. The zero-order valence-corrected chi connectivity index (χ0v) is 11.8. The first-order valence-corrected chi connectivity index (χ1v) is 7.49. The molecule has 0 spiro atoms. The van der Waals surface area contributed by atoms with Crippen LogP contribution in [-0.2, 0) is 28.6 Å². The van der Waals surface area contributed by atoms with Crippen LogP contribution in [0.2, 0.25) is 0 Å². The number of ether oxygens (including phenoxy) is 2. The van der Waals surface area contributed by atoms with Crippen LogP contribution in [0.5, 0.6) is 0 Å². The standard InChI is InChI=1S/C10H17NO7S/c1-4-17-10(13)11-6-7(18-19(3,14)15)5-8(11)9(12)16-2/h7-8H,4-6H2,1-3H3/t7-,8+/m0/s1. The molecule has 1 amide bonds. The topological polar surface area (TPSA) is 99.2 Å². The van der Waals surface area contributed by atoms with E-state index in [-0.39, 0.29) is 19.6 Å². The third-order valence-electron chi connectivity index (χ3n) is 2.55. The zero-order valence-electron chi connectivity index (χ0n) is 11.0. The Labute approximate surface area is 111 Å². The van der Waals surface area contributed by atoms with Gasteiger partial charge in [-0.3, -0.25) is 9.08 Å². The van der Waals surface area contributed by atoms with Crippen molar-refractivity contribution < 1.29 is 31.7 Å². The Hall–Kier alpha value is -1.35. The lowest BCUT2D eigenvalue weighted by Crippen LogP contribution is -2.41.